The standard InChI is InChI=1S/C17H17BrO3S/c1-3-17(18,22(2,20)21)16(19)15-11-9-14(10-12-15)13-7-5-4-6-8-13/h4-12H,3H2,1-2H3. The lowest BCUT2D eigenvalue weighted by molar-refractivity contribution is 0.0976. The molecule has 116 valence electrons. The summed E-state index contributed by atoms with van der Waals surface area (Å²) >= 11 is 3.13. The highest BCUT2D eigenvalue weighted by Crippen LogP contribution is 2.33. The van der Waals surface area contributed by atoms with Gasteiger partial charge in [-0.2, -0.15) is 0 Å². The third-order valence-corrected chi connectivity index (χ3v) is 7.97. The summed E-state index contributed by atoms with van der Waals surface area (Å²) in [6.07, 6.45) is 1.24. The fourth-order valence-electron chi connectivity index (χ4n) is 2.25. The number of carbonyl (C=O) groups is 1. The van der Waals surface area contributed by atoms with Crippen LogP contribution >= 0.6 is 15.9 Å². The molecule has 2 rings (SSSR count). The molecule has 0 bridgehead atoms. The first-order valence-electron chi connectivity index (χ1n) is 6.88. The molecule has 0 fully saturated rings. The maximum Gasteiger partial charge on any atom is 0.194 e. The van der Waals surface area contributed by atoms with E-state index in [0.717, 1.165) is 17.4 Å². The van der Waals surface area contributed by atoms with Crippen molar-refractivity contribution in [1.82, 2.24) is 0 Å². The zero-order valence-corrected chi connectivity index (χ0v) is 14.8. The van der Waals surface area contributed by atoms with Gasteiger partial charge in [0, 0.05) is 11.8 Å². The van der Waals surface area contributed by atoms with E-state index in [9.17, 15) is 13.2 Å². The zero-order chi connectivity index (χ0) is 16.4. The summed E-state index contributed by atoms with van der Waals surface area (Å²) < 4.78 is 22.3. The van der Waals surface area contributed by atoms with Gasteiger partial charge in [0.2, 0.25) is 0 Å². The summed E-state index contributed by atoms with van der Waals surface area (Å²) in [5, 5.41) is 0. The summed E-state index contributed by atoms with van der Waals surface area (Å²) in [4.78, 5) is 12.6. The minimum atomic E-state index is -3.56. The maximum absolute atomic E-state index is 12.6. The molecule has 0 radical (unpaired) electrons. The van der Waals surface area contributed by atoms with Crippen LogP contribution in [0, 0.1) is 0 Å². The van der Waals surface area contributed by atoms with Crippen molar-refractivity contribution in [2.75, 3.05) is 6.26 Å². The van der Waals surface area contributed by atoms with E-state index >= 15 is 0 Å². The zero-order valence-electron chi connectivity index (χ0n) is 12.4. The fourth-order valence-corrected chi connectivity index (χ4v) is 3.46. The normalized spacial score (nSPS) is 14.3. The molecule has 0 saturated carbocycles. The second-order valence-electron chi connectivity index (χ2n) is 5.13. The molecule has 0 amide bonds. The number of Topliss-reactive ketones (excluding diaryl/α,β-unsaturated/α-hetero) is 1. The lowest BCUT2D eigenvalue weighted by Gasteiger charge is -2.22. The molecule has 0 aliphatic carbocycles. The number of alkyl halides is 1. The van der Waals surface area contributed by atoms with E-state index in [0.29, 0.717) is 5.56 Å². The van der Waals surface area contributed by atoms with E-state index in [-0.39, 0.29) is 6.42 Å². The Morgan fingerprint density at radius 3 is 1.95 bits per heavy atom. The molecule has 1 unspecified atom stereocenters. The van der Waals surface area contributed by atoms with Crippen LogP contribution in [0.15, 0.2) is 54.6 Å². The molecule has 2 aromatic rings. The second-order valence-corrected chi connectivity index (χ2v) is 9.25. The van der Waals surface area contributed by atoms with Gasteiger partial charge >= 0.3 is 0 Å². The van der Waals surface area contributed by atoms with Crippen molar-refractivity contribution in [1.29, 1.82) is 0 Å². The van der Waals surface area contributed by atoms with Crippen molar-refractivity contribution in [3.8, 4) is 11.1 Å². The van der Waals surface area contributed by atoms with Crippen molar-refractivity contribution in [3.63, 3.8) is 0 Å². The Hall–Kier alpha value is -1.46. The van der Waals surface area contributed by atoms with Gasteiger partial charge in [-0.1, -0.05) is 77.5 Å². The van der Waals surface area contributed by atoms with Crippen molar-refractivity contribution in [3.05, 3.63) is 60.2 Å². The summed E-state index contributed by atoms with van der Waals surface area (Å²) in [6, 6.07) is 16.8. The molecule has 0 N–H and O–H groups in total. The Morgan fingerprint density at radius 1 is 1.00 bits per heavy atom. The van der Waals surface area contributed by atoms with Gasteiger partial charge in [0.1, 0.15) is 0 Å². The summed E-state index contributed by atoms with van der Waals surface area (Å²) in [5.74, 6) is -0.433. The van der Waals surface area contributed by atoms with Crippen molar-refractivity contribution < 1.29 is 13.2 Å². The monoisotopic (exact) mass is 380 g/mol. The Kier molecular flexibility index (Phi) is 4.87. The average Bonchev–Trinajstić information content (AvgIpc) is 2.53. The number of hydrogen-bond acceptors (Lipinski definition) is 3. The van der Waals surface area contributed by atoms with Gasteiger partial charge in [-0.25, -0.2) is 8.42 Å². The molecule has 0 aliphatic heterocycles. The van der Waals surface area contributed by atoms with Crippen LogP contribution in [0.5, 0.6) is 0 Å². The van der Waals surface area contributed by atoms with Gasteiger partial charge < -0.3 is 0 Å². The highest BCUT2D eigenvalue weighted by molar-refractivity contribution is 9.12. The summed E-state index contributed by atoms with van der Waals surface area (Å²) in [7, 11) is -3.56. The average molecular weight is 381 g/mol. The number of sulfone groups is 1. The second kappa shape index (κ2) is 6.34. The Labute approximate surface area is 139 Å². The number of halogens is 1. The molecule has 2 aromatic carbocycles. The number of rotatable bonds is 5. The topological polar surface area (TPSA) is 51.2 Å². The molecular weight excluding hydrogens is 364 g/mol. The minimum absolute atomic E-state index is 0.172. The molecule has 5 heteroatoms. The largest absolute Gasteiger partial charge is 0.291 e. The first kappa shape index (κ1) is 16.9. The maximum atomic E-state index is 12.6. The van der Waals surface area contributed by atoms with Crippen molar-refractivity contribution in [2.24, 2.45) is 0 Å². The molecule has 0 spiro atoms. The predicted molar refractivity (Wildman–Crippen MR) is 93.0 cm³/mol. The molecule has 0 aliphatic rings. The smallest absolute Gasteiger partial charge is 0.194 e. The number of hydrogen-bond donors (Lipinski definition) is 0. The van der Waals surface area contributed by atoms with E-state index in [4.69, 9.17) is 0 Å². The third-order valence-electron chi connectivity index (χ3n) is 3.64. The van der Waals surface area contributed by atoms with Gasteiger partial charge in [0.05, 0.1) is 0 Å². The van der Waals surface area contributed by atoms with Crippen molar-refractivity contribution in [2.45, 2.75) is 17.0 Å². The van der Waals surface area contributed by atoms with Gasteiger partial charge in [0.25, 0.3) is 0 Å². The lowest BCUT2D eigenvalue weighted by atomic mass is 10.0. The van der Waals surface area contributed by atoms with E-state index in [1.807, 2.05) is 42.5 Å². The van der Waals surface area contributed by atoms with Crippen LogP contribution in [0.2, 0.25) is 0 Å². The van der Waals surface area contributed by atoms with Crippen LogP contribution in [-0.2, 0) is 9.84 Å². The van der Waals surface area contributed by atoms with Crippen LogP contribution in [0.1, 0.15) is 23.7 Å². The Bertz CT molecular complexity index is 767. The highest BCUT2D eigenvalue weighted by atomic mass is 79.9. The van der Waals surface area contributed by atoms with Gasteiger partial charge in [0.15, 0.2) is 19.3 Å². The number of ketones is 1. The van der Waals surface area contributed by atoms with Gasteiger partial charge in [-0.3, -0.25) is 4.79 Å². The first-order chi connectivity index (χ1) is 10.3. The summed E-state index contributed by atoms with van der Waals surface area (Å²) in [6.45, 7) is 1.67. The Morgan fingerprint density at radius 2 is 1.50 bits per heavy atom. The minimum Gasteiger partial charge on any atom is -0.291 e. The molecule has 1 atom stereocenters. The van der Waals surface area contributed by atoms with Gasteiger partial charge in [-0.15, -0.1) is 0 Å². The number of carbonyl (C=O) groups excluding carboxylic acids is 1. The molecule has 0 heterocycles. The van der Waals surface area contributed by atoms with Gasteiger partial charge in [-0.05, 0) is 17.5 Å². The quantitative estimate of drug-likeness (QED) is 0.579. The fraction of sp³-hybridized carbons (Fsp3) is 0.235. The molecule has 0 aromatic heterocycles. The molecular formula is C17H17BrO3S. The van der Waals surface area contributed by atoms with E-state index in [1.54, 1.807) is 19.1 Å². The number of benzene rings is 2. The summed E-state index contributed by atoms with van der Waals surface area (Å²) in [5.41, 5.74) is 2.40. The third kappa shape index (κ3) is 3.15. The van der Waals surface area contributed by atoms with E-state index in [1.165, 1.54) is 0 Å². The van der Waals surface area contributed by atoms with E-state index < -0.39 is 19.3 Å². The highest BCUT2D eigenvalue weighted by Gasteiger charge is 2.44. The molecule has 3 nitrogen and oxygen atoms in total. The van der Waals surface area contributed by atoms with Crippen molar-refractivity contribution >= 4 is 31.6 Å². The Balaban J connectivity index is 2.37. The van der Waals surface area contributed by atoms with Crippen LogP contribution in [-0.4, -0.2) is 24.1 Å². The lowest BCUT2D eigenvalue weighted by Crippen LogP contribution is -2.39. The predicted octanol–water partition coefficient (Wildman–Crippen LogP) is 4.08. The molecule has 0 saturated heterocycles. The van der Waals surface area contributed by atoms with Crippen LogP contribution < -0.4 is 0 Å². The van der Waals surface area contributed by atoms with Crippen LogP contribution in [0.4, 0.5) is 0 Å². The van der Waals surface area contributed by atoms with Crippen LogP contribution in [0.25, 0.3) is 11.1 Å². The SMILES string of the molecule is CCC(Br)(C(=O)c1ccc(-c2ccccc2)cc1)S(C)(=O)=O. The van der Waals surface area contributed by atoms with E-state index in [2.05, 4.69) is 15.9 Å². The first-order valence-corrected chi connectivity index (χ1v) is 9.57. The van der Waals surface area contributed by atoms with Crippen LogP contribution in [0.3, 0.4) is 0 Å². The molecule has 22 heavy (non-hydrogen) atoms.